The van der Waals surface area contributed by atoms with Crippen LogP contribution in [0.5, 0.6) is 0 Å². The fourth-order valence-corrected chi connectivity index (χ4v) is 9.34. The maximum Gasteiger partial charge on any atom is 0.240 e. The molecule has 10 aromatic rings. The van der Waals surface area contributed by atoms with Crippen molar-refractivity contribution in [2.24, 2.45) is 0 Å². The molecule has 0 saturated carbocycles. The van der Waals surface area contributed by atoms with Crippen LogP contribution < -0.4 is 0 Å². The van der Waals surface area contributed by atoms with Crippen LogP contribution in [0.4, 0.5) is 0 Å². The van der Waals surface area contributed by atoms with Crippen LogP contribution >= 0.6 is 0 Å². The first-order valence-corrected chi connectivity index (χ1v) is 17.9. The van der Waals surface area contributed by atoms with Crippen molar-refractivity contribution < 1.29 is 0 Å². The van der Waals surface area contributed by atoms with Gasteiger partial charge in [-0.05, 0) is 57.6 Å². The molecule has 3 aliphatic rings. The average molecular weight is 664 g/mol. The maximum atomic E-state index is 5.38. The molecule has 5 heteroatoms. The van der Waals surface area contributed by atoms with Crippen molar-refractivity contribution >= 4 is 43.6 Å². The van der Waals surface area contributed by atoms with Gasteiger partial charge >= 0.3 is 0 Å². The first-order chi connectivity index (χ1) is 25.8. The highest BCUT2D eigenvalue weighted by Crippen LogP contribution is 2.58. The summed E-state index contributed by atoms with van der Waals surface area (Å²) >= 11 is 0. The minimum atomic E-state index is 0.141. The van der Waals surface area contributed by atoms with Crippen molar-refractivity contribution in [2.45, 2.75) is 11.8 Å². The van der Waals surface area contributed by atoms with E-state index in [0.717, 1.165) is 27.6 Å². The highest BCUT2D eigenvalue weighted by molar-refractivity contribution is 6.12. The third-order valence-corrected chi connectivity index (χ3v) is 11.4. The first kappa shape index (κ1) is 27.9. The molecule has 0 saturated heterocycles. The number of fused-ring (bicyclic) bond motifs is 6. The van der Waals surface area contributed by atoms with Gasteiger partial charge < -0.3 is 0 Å². The molecule has 0 fully saturated rings. The van der Waals surface area contributed by atoms with Crippen molar-refractivity contribution in [2.75, 3.05) is 0 Å². The highest BCUT2D eigenvalue weighted by atomic mass is 15.3. The zero-order valence-corrected chi connectivity index (χ0v) is 28.0. The minimum Gasteiger partial charge on any atom is -0.278 e. The van der Waals surface area contributed by atoms with E-state index in [-0.39, 0.29) is 11.8 Å². The summed E-state index contributed by atoms with van der Waals surface area (Å²) in [5, 5.41) is 4.81. The summed E-state index contributed by atoms with van der Waals surface area (Å²) in [7, 11) is 0. The second-order valence-corrected chi connectivity index (χ2v) is 13.9. The van der Waals surface area contributed by atoms with Crippen molar-refractivity contribution in [3.05, 3.63) is 197 Å². The Morgan fingerprint density at radius 1 is 0.346 bits per heavy atom. The summed E-state index contributed by atoms with van der Waals surface area (Å²) in [5.74, 6) is 2.16. The SMILES string of the molecule is c1ccc(-c2nc(-n3c4ccccc4c4ccccc43)nc(-n3c4ccccc4c4c5c(ccc43)C3c4ccccc4C5c4ccccc43)n2)cc1. The summed E-state index contributed by atoms with van der Waals surface area (Å²) in [6.07, 6.45) is 0. The molecular weight excluding hydrogens is 635 g/mol. The van der Waals surface area contributed by atoms with Crippen LogP contribution in [0.25, 0.3) is 66.9 Å². The van der Waals surface area contributed by atoms with E-state index in [4.69, 9.17) is 15.0 Å². The summed E-state index contributed by atoms with van der Waals surface area (Å²) in [6, 6.07) is 58.7. The first-order valence-electron chi connectivity index (χ1n) is 17.9. The molecule has 0 amide bonds. The number of hydrogen-bond acceptors (Lipinski definition) is 3. The van der Waals surface area contributed by atoms with Crippen molar-refractivity contribution in [3.63, 3.8) is 0 Å². The van der Waals surface area contributed by atoms with E-state index < -0.39 is 0 Å². The standard InChI is InChI=1S/C47H29N5/c1-2-14-28(15-3-1)45-48-46(51-37-23-11-8-16-29(37)30-17-9-12-24-38(30)51)50-47(49-45)52-39-25-13-10-22-35(39)43-40(52)27-26-36-41-31-18-4-6-20-33(31)42(44(36)43)34-21-7-5-19-32(34)41/h1-27,41-42H. The molecule has 3 aliphatic carbocycles. The fourth-order valence-electron chi connectivity index (χ4n) is 9.34. The van der Waals surface area contributed by atoms with Gasteiger partial charge in [-0.25, -0.2) is 0 Å². The van der Waals surface area contributed by atoms with Gasteiger partial charge in [0.25, 0.3) is 0 Å². The molecular formula is C47H29N5. The molecule has 0 atom stereocenters. The van der Waals surface area contributed by atoms with E-state index in [1.807, 2.05) is 18.2 Å². The molecule has 0 radical (unpaired) electrons. The Labute approximate surface area is 299 Å². The van der Waals surface area contributed by atoms with E-state index in [2.05, 4.69) is 155 Å². The molecule has 7 aromatic carbocycles. The summed E-state index contributed by atoms with van der Waals surface area (Å²) in [5.41, 5.74) is 13.7. The van der Waals surface area contributed by atoms with E-state index in [9.17, 15) is 0 Å². The van der Waals surface area contributed by atoms with Crippen LogP contribution in [0.3, 0.4) is 0 Å². The van der Waals surface area contributed by atoms with Gasteiger partial charge in [0.2, 0.25) is 11.9 Å². The van der Waals surface area contributed by atoms with Gasteiger partial charge in [0, 0.05) is 38.9 Å². The van der Waals surface area contributed by atoms with E-state index in [1.165, 1.54) is 54.9 Å². The van der Waals surface area contributed by atoms with Gasteiger partial charge in [-0.3, -0.25) is 9.13 Å². The Hall–Kier alpha value is -6.85. The van der Waals surface area contributed by atoms with Crippen molar-refractivity contribution in [1.82, 2.24) is 24.1 Å². The van der Waals surface area contributed by atoms with Crippen molar-refractivity contribution in [1.29, 1.82) is 0 Å². The predicted molar refractivity (Wildman–Crippen MR) is 209 cm³/mol. The summed E-state index contributed by atoms with van der Waals surface area (Å²) in [6.45, 7) is 0. The Morgan fingerprint density at radius 2 is 0.808 bits per heavy atom. The van der Waals surface area contributed by atoms with Crippen LogP contribution in [0, 0.1) is 0 Å². The molecule has 242 valence electrons. The van der Waals surface area contributed by atoms with Gasteiger partial charge in [0.05, 0.1) is 22.1 Å². The van der Waals surface area contributed by atoms with Gasteiger partial charge in [-0.2, -0.15) is 15.0 Å². The lowest BCUT2D eigenvalue weighted by Crippen LogP contribution is -2.27. The molecule has 3 aromatic heterocycles. The number of hydrogen-bond donors (Lipinski definition) is 0. The second-order valence-electron chi connectivity index (χ2n) is 13.9. The molecule has 13 rings (SSSR count). The topological polar surface area (TPSA) is 48.5 Å². The monoisotopic (exact) mass is 663 g/mol. The molecule has 52 heavy (non-hydrogen) atoms. The zero-order chi connectivity index (χ0) is 33.9. The van der Waals surface area contributed by atoms with Crippen LogP contribution in [0.1, 0.15) is 45.2 Å². The molecule has 3 heterocycles. The van der Waals surface area contributed by atoms with E-state index in [0.29, 0.717) is 17.7 Å². The number of nitrogens with zero attached hydrogens (tertiary/aromatic N) is 5. The Kier molecular flexibility index (Phi) is 5.55. The average Bonchev–Trinajstić information content (AvgIpc) is 3.74. The third kappa shape index (κ3) is 3.64. The van der Waals surface area contributed by atoms with Crippen LogP contribution in [0.15, 0.2) is 164 Å². The second kappa shape index (κ2) is 10.3. The molecule has 0 N–H and O–H groups in total. The number of benzene rings is 7. The van der Waals surface area contributed by atoms with Gasteiger partial charge in [0.1, 0.15) is 0 Å². The number of aromatic nitrogens is 5. The van der Waals surface area contributed by atoms with E-state index in [1.54, 1.807) is 0 Å². The third-order valence-electron chi connectivity index (χ3n) is 11.4. The molecule has 0 aliphatic heterocycles. The highest BCUT2D eigenvalue weighted by Gasteiger charge is 2.42. The maximum absolute atomic E-state index is 5.38. The lowest BCUT2D eigenvalue weighted by Gasteiger charge is -2.42. The summed E-state index contributed by atoms with van der Waals surface area (Å²) < 4.78 is 4.45. The largest absolute Gasteiger partial charge is 0.278 e. The van der Waals surface area contributed by atoms with Crippen molar-refractivity contribution in [3.8, 4) is 23.3 Å². The minimum absolute atomic E-state index is 0.141. The molecule has 0 spiro atoms. The number of rotatable bonds is 3. The number of para-hydroxylation sites is 3. The Morgan fingerprint density at radius 3 is 1.40 bits per heavy atom. The normalized spacial score (nSPS) is 15.7. The Bertz CT molecular complexity index is 3000. The van der Waals surface area contributed by atoms with Crippen LogP contribution in [0.2, 0.25) is 0 Å². The Balaban J connectivity index is 1.19. The fraction of sp³-hybridized carbons (Fsp3) is 0.0426. The molecule has 0 unspecified atom stereocenters. The van der Waals surface area contributed by atoms with Gasteiger partial charge in [-0.1, -0.05) is 140 Å². The predicted octanol–water partition coefficient (Wildman–Crippen LogP) is 10.7. The van der Waals surface area contributed by atoms with Gasteiger partial charge in [0.15, 0.2) is 5.82 Å². The lowest BCUT2D eigenvalue weighted by atomic mass is 9.60. The molecule has 5 nitrogen and oxygen atoms in total. The zero-order valence-electron chi connectivity index (χ0n) is 28.0. The summed E-state index contributed by atoms with van der Waals surface area (Å²) in [4.78, 5) is 15.9. The van der Waals surface area contributed by atoms with Crippen LogP contribution in [-0.4, -0.2) is 24.1 Å². The van der Waals surface area contributed by atoms with Gasteiger partial charge in [-0.15, -0.1) is 0 Å². The van der Waals surface area contributed by atoms with Crippen LogP contribution in [-0.2, 0) is 0 Å². The molecule has 2 bridgehead atoms. The lowest BCUT2D eigenvalue weighted by molar-refractivity contribution is 0.761. The quantitative estimate of drug-likeness (QED) is 0.189. The smallest absolute Gasteiger partial charge is 0.240 e. The van der Waals surface area contributed by atoms with E-state index >= 15 is 0 Å².